The van der Waals surface area contributed by atoms with E-state index >= 15 is 0 Å². The molecule has 0 N–H and O–H groups in total. The summed E-state index contributed by atoms with van der Waals surface area (Å²) in [5.41, 5.74) is 17.8. The smallest absolute Gasteiger partial charge is 0.0306 e. The molecule has 0 nitrogen and oxygen atoms in total. The van der Waals surface area contributed by atoms with Crippen molar-refractivity contribution in [3.05, 3.63) is 164 Å². The molecule has 0 aliphatic rings. The van der Waals surface area contributed by atoms with E-state index < -0.39 is 0 Å². The molecule has 76 heavy (non-hydrogen) atoms. The minimum atomic E-state index is 0. The third kappa shape index (κ3) is 22.5. The van der Waals surface area contributed by atoms with Gasteiger partial charge in [-0.15, -0.1) is 175 Å². The van der Waals surface area contributed by atoms with E-state index in [2.05, 4.69) is 262 Å². The van der Waals surface area contributed by atoms with E-state index in [9.17, 15) is 0 Å². The maximum atomic E-state index is 2.39. The van der Waals surface area contributed by atoms with Gasteiger partial charge in [0.05, 0.1) is 0 Å². The van der Waals surface area contributed by atoms with Gasteiger partial charge in [-0.3, -0.25) is 0 Å². The van der Waals surface area contributed by atoms with Gasteiger partial charge in [0.2, 0.25) is 0 Å². The van der Waals surface area contributed by atoms with Crippen molar-refractivity contribution in [2.75, 3.05) is 0 Å². The number of fused-ring (bicyclic) bond motifs is 4. The zero-order valence-corrected chi connectivity index (χ0v) is 63.9. The van der Waals surface area contributed by atoms with Crippen LogP contribution < -0.4 is 0 Å². The van der Waals surface area contributed by atoms with Crippen LogP contribution in [0.4, 0.5) is 0 Å². The Kier molecular flexibility index (Phi) is 35.8. The quantitative estimate of drug-likeness (QED) is 0.105. The summed E-state index contributed by atoms with van der Waals surface area (Å²) in [7, 11) is 0. The Bertz CT molecular complexity index is 2720. The first kappa shape index (κ1) is 76.7. The molecule has 0 aromatic heterocycles. The minimum absolute atomic E-state index is 0. The van der Waals surface area contributed by atoms with Crippen LogP contribution in [0.25, 0.3) is 43.1 Å². The van der Waals surface area contributed by atoms with Crippen LogP contribution in [0, 0.1) is 27.7 Å². The van der Waals surface area contributed by atoms with E-state index in [-0.39, 0.29) is 60.6 Å². The summed E-state index contributed by atoms with van der Waals surface area (Å²) >= 11 is 2.90. The maximum Gasteiger partial charge on any atom is -0.0306 e. The minimum Gasteiger partial charge on any atom is -0.165 e. The largest absolute Gasteiger partial charge is 0.165 e. The second-order valence-electron chi connectivity index (χ2n) is 23.7. The summed E-state index contributed by atoms with van der Waals surface area (Å²) in [4.78, 5) is 0. The number of halogens is 4. The molecule has 0 heterocycles. The van der Waals surface area contributed by atoms with Crippen LogP contribution in [0.2, 0.25) is 26.2 Å². The van der Waals surface area contributed by atoms with Gasteiger partial charge in [-0.2, -0.15) is 24.3 Å². The average Bonchev–Trinajstić information content (AvgIpc) is 4.04. The molecule has 0 amide bonds. The Morgan fingerprint density at radius 3 is 0.763 bits per heavy atom. The van der Waals surface area contributed by atoms with E-state index in [4.69, 9.17) is 0 Å². The number of hydrogen-bond donors (Lipinski definition) is 0. The molecule has 0 fully saturated rings. The normalized spacial score (nSPS) is 10.8. The van der Waals surface area contributed by atoms with E-state index in [1.807, 2.05) is 0 Å². The second-order valence-corrected chi connectivity index (χ2v) is 49.3. The van der Waals surface area contributed by atoms with Gasteiger partial charge >= 0.3 is 83.2 Å². The predicted molar refractivity (Wildman–Crippen MR) is 354 cm³/mol. The molecule has 0 saturated carbocycles. The Morgan fingerprint density at radius 2 is 0.526 bits per heavy atom. The molecular formula is C68H100Cl4Hf2Si2. The summed E-state index contributed by atoms with van der Waals surface area (Å²) in [5, 5.41) is 11.5. The van der Waals surface area contributed by atoms with Crippen LogP contribution in [-0.4, -0.2) is 11.0 Å². The first-order valence-corrected chi connectivity index (χ1v) is 43.1. The molecule has 0 radical (unpaired) electrons. The number of rotatable bonds is 8. The van der Waals surface area contributed by atoms with Gasteiger partial charge < -0.3 is 0 Å². The number of benzene rings is 4. The first-order chi connectivity index (χ1) is 33.4. The molecule has 0 unspecified atom stereocenters. The molecule has 8 aromatic carbocycles. The van der Waals surface area contributed by atoms with Crippen molar-refractivity contribution in [3.63, 3.8) is 0 Å². The van der Waals surface area contributed by atoms with Crippen molar-refractivity contribution in [1.82, 2.24) is 0 Å². The van der Waals surface area contributed by atoms with Crippen LogP contribution in [-0.2, 0) is 46.0 Å². The summed E-state index contributed by atoms with van der Waals surface area (Å²) < 4.78 is 0. The average molecular weight is 1470 g/mol. The third-order valence-electron chi connectivity index (χ3n) is 13.3. The van der Waals surface area contributed by atoms with Crippen LogP contribution in [0.1, 0.15) is 225 Å². The van der Waals surface area contributed by atoms with Gasteiger partial charge in [-0.1, -0.05) is 208 Å². The fourth-order valence-electron chi connectivity index (χ4n) is 9.66. The van der Waals surface area contributed by atoms with E-state index in [0.717, 1.165) is 0 Å². The van der Waals surface area contributed by atoms with Crippen molar-refractivity contribution in [2.45, 2.75) is 212 Å². The molecule has 0 aliphatic heterocycles. The number of hydrogen-bond acceptors (Lipinski definition) is 0. The Labute approximate surface area is 520 Å². The first-order valence-electron chi connectivity index (χ1n) is 27.3. The molecule has 416 valence electrons. The van der Waals surface area contributed by atoms with Crippen molar-refractivity contribution in [3.8, 4) is 0 Å². The van der Waals surface area contributed by atoms with Gasteiger partial charge in [0.25, 0.3) is 0 Å². The SMILES string of the molecule is C[Si](C)=[Hf+2].C[Si](C)=[Hf+2].Cc1cc2c(C(C)C)cc(C(C)C)cc2[cH-]1.Cc1cc2c(C(C)C)cc(C(C)C)cc2[cH-]1.Cc1cc2c(C(C)C)ccc(C(C)C)c2[cH-]1.Cc1cc2c(C(C)C)ccc(C(C)C)c2[cH-]1.Cl.Cl.Cl.Cl. The molecule has 0 saturated heterocycles. The Balaban J connectivity index is 0. The van der Waals surface area contributed by atoms with Crippen LogP contribution in [0.15, 0.2) is 97.1 Å². The molecule has 0 spiro atoms. The summed E-state index contributed by atoms with van der Waals surface area (Å²) in [6.07, 6.45) is 0. The molecule has 8 heteroatoms. The van der Waals surface area contributed by atoms with Crippen molar-refractivity contribution < 1.29 is 46.0 Å². The van der Waals surface area contributed by atoms with Crippen molar-refractivity contribution in [2.24, 2.45) is 0 Å². The summed E-state index contributed by atoms with van der Waals surface area (Å²) in [6, 6.07) is 37.2. The van der Waals surface area contributed by atoms with Crippen LogP contribution in [0.5, 0.6) is 0 Å². The Morgan fingerprint density at radius 1 is 0.303 bits per heavy atom. The molecule has 8 aromatic rings. The Hall–Kier alpha value is -1.35. The molecular weight excluding hydrogens is 1370 g/mol. The zero-order valence-electron chi connectivity index (χ0n) is 51.5. The monoisotopic (exact) mass is 1470 g/mol. The zero-order chi connectivity index (χ0) is 54.6. The van der Waals surface area contributed by atoms with Gasteiger partial charge in [0.15, 0.2) is 0 Å². The van der Waals surface area contributed by atoms with Gasteiger partial charge in [-0.25, -0.2) is 0 Å². The topological polar surface area (TPSA) is 0 Å². The fraction of sp³-hybridized carbons (Fsp3) is 0.471. The molecule has 0 aliphatic carbocycles. The van der Waals surface area contributed by atoms with E-state index in [1.54, 1.807) is 0 Å². The number of aryl methyl sites for hydroxylation is 4. The van der Waals surface area contributed by atoms with Gasteiger partial charge in [0, 0.05) is 0 Å². The van der Waals surface area contributed by atoms with E-state index in [0.29, 0.717) is 47.3 Å². The van der Waals surface area contributed by atoms with E-state index in [1.165, 1.54) is 156 Å². The third-order valence-corrected chi connectivity index (χ3v) is 13.3. The molecule has 0 bridgehead atoms. The standard InChI is InChI=1S/4C16H21.2C2H6Si.4ClH.2Hf/c2*1-10(2)13-8-14-6-12(5)7-16(14)15(9-13)11(3)4;2*1-10(2)13-6-7-14(11(3)4)16-9-12(5)8-15(13)16;2*1-3-2;;;;;;/h4*6-11H,1-5H3;2*1-2H3;4*1H;;/q4*-1;;;;;;;2*+2. The summed E-state index contributed by atoms with van der Waals surface area (Å²) in [5.74, 6) is 4.83. The van der Waals surface area contributed by atoms with Gasteiger partial charge in [0.1, 0.15) is 0 Å². The molecule has 8 rings (SSSR count). The summed E-state index contributed by atoms with van der Waals surface area (Å²) in [6.45, 7) is 54.4. The second kappa shape index (κ2) is 35.5. The van der Waals surface area contributed by atoms with Crippen molar-refractivity contribution in [1.29, 1.82) is 0 Å². The molecule has 0 atom stereocenters. The predicted octanol–water partition coefficient (Wildman–Crippen LogP) is 23.7. The van der Waals surface area contributed by atoms with Crippen molar-refractivity contribution >= 4 is 104 Å². The van der Waals surface area contributed by atoms with Gasteiger partial charge in [-0.05, 0) is 35.5 Å². The fourth-order valence-corrected chi connectivity index (χ4v) is 9.66. The van der Waals surface area contributed by atoms with Crippen LogP contribution >= 0.6 is 49.6 Å². The maximum absolute atomic E-state index is 2.39. The van der Waals surface area contributed by atoms with Crippen LogP contribution in [0.3, 0.4) is 0 Å².